The zero-order valence-corrected chi connectivity index (χ0v) is 82.4. The Kier molecular flexibility index (Phi) is 56.8. The van der Waals surface area contributed by atoms with Crippen molar-refractivity contribution in [3.05, 3.63) is 35.9 Å². The standard InChI is InChI=1S/C91H156N22O23/c1-20-52(16)74(108-66(115)42-94)90(134)112-73(51(14)15)88(132)107-64(41-70(119)120)84(128)102-62(39-56-30-24-23-25-31-56)82(126)99-55(19)77(121)101-57(32-26-28-34-92)78(122)96-44-68(117)109-71(49(10)11)86(130)104-59(36-46(4)5)79(123)97-43-67(116)100-58(33-27-29-35-93)81(125)113-75(53(17)21-2)89(133)106-61(38-48(8)9)83(127)103-63(40-65(95)114)85(129)111-72(50(12)13)87(131)105-60(37-47(6)7)80(124)98-45-69(118)110-76(91(135)136)54(18)22-3/h23-25,30-31,46-55,57-64,71-76H,20-22,26-29,32-45,92-94H2,1-19H3,(H2,95,114)(H,96,122)(H,97,123)(H,98,124)(H,99,126)(H,100,116)(H,101,121)(H,102,128)(H,103,127)(H,104,130)(H,105,131)(H,106,133)(H,107,132)(H,108,115)(H,109,117)(H,110,118)(H,111,129)(H,112,134)(H,113,125)(H,119,120)(H,135,136)/t52?,53?,54?,55-,57-,58-,59-,60-,61-,62-,63-,64-,71-,72-,73-,74-,75-,76-/m0/s1. The Hall–Kier alpha value is -12.0. The molecule has 0 fully saturated rings. The number of primary amides is 1. The molecule has 1 rings (SSSR count). The first-order valence-corrected chi connectivity index (χ1v) is 46.9. The van der Waals surface area contributed by atoms with Crippen LogP contribution in [0.1, 0.15) is 227 Å². The Bertz CT molecular complexity index is 4140. The molecule has 0 saturated carbocycles. The second kappa shape index (κ2) is 63.3. The molecule has 136 heavy (non-hydrogen) atoms. The quantitative estimate of drug-likeness (QED) is 0.0285. The molecule has 0 heterocycles. The number of carbonyl (C=O) groups excluding carboxylic acids is 19. The Morgan fingerprint density at radius 2 is 0.603 bits per heavy atom. The lowest BCUT2D eigenvalue weighted by Crippen LogP contribution is -2.61. The number of unbranched alkanes of at least 4 members (excludes halogenated alkanes) is 2. The summed E-state index contributed by atoms with van der Waals surface area (Å²) in [6.07, 6.45) is 0.367. The number of nitrogens with one attached hydrogen (secondary N) is 18. The van der Waals surface area contributed by atoms with E-state index in [2.05, 4.69) is 95.7 Å². The highest BCUT2D eigenvalue weighted by atomic mass is 16.4. The number of amides is 19. The van der Waals surface area contributed by atoms with E-state index < -0.39 is 289 Å². The number of carboxylic acid groups (broad SMARTS) is 2. The Balaban J connectivity index is 3.43. The third-order valence-electron chi connectivity index (χ3n) is 22.5. The van der Waals surface area contributed by atoms with Crippen molar-refractivity contribution in [3.63, 3.8) is 0 Å². The van der Waals surface area contributed by atoms with Crippen LogP contribution in [0.3, 0.4) is 0 Å². The summed E-state index contributed by atoms with van der Waals surface area (Å²) in [5.74, 6) is -24.1. The third-order valence-corrected chi connectivity index (χ3v) is 22.5. The van der Waals surface area contributed by atoms with Crippen LogP contribution in [-0.4, -0.2) is 264 Å². The average molecular weight is 1930 g/mol. The Labute approximate surface area is 797 Å². The van der Waals surface area contributed by atoms with Gasteiger partial charge in [-0.15, -0.1) is 0 Å². The summed E-state index contributed by atoms with van der Waals surface area (Å²) in [5.41, 5.74) is 23.2. The van der Waals surface area contributed by atoms with Gasteiger partial charge in [-0.1, -0.05) is 174 Å². The predicted octanol–water partition coefficient (Wildman–Crippen LogP) is -3.23. The van der Waals surface area contributed by atoms with Gasteiger partial charge in [0.2, 0.25) is 112 Å². The van der Waals surface area contributed by atoms with Crippen molar-refractivity contribution in [1.82, 2.24) is 95.7 Å². The fourth-order valence-corrected chi connectivity index (χ4v) is 14.0. The first-order chi connectivity index (χ1) is 63.7. The highest BCUT2D eigenvalue weighted by Gasteiger charge is 2.41. The highest BCUT2D eigenvalue weighted by molar-refractivity contribution is 6.02. The minimum atomic E-state index is -1.84. The lowest BCUT2D eigenvalue weighted by atomic mass is 9.96. The van der Waals surface area contributed by atoms with Crippen LogP contribution >= 0.6 is 0 Å². The van der Waals surface area contributed by atoms with Crippen molar-refractivity contribution in [1.29, 1.82) is 0 Å². The maximum Gasteiger partial charge on any atom is 0.326 e. The summed E-state index contributed by atoms with van der Waals surface area (Å²) in [5, 5.41) is 65.3. The molecule has 45 nitrogen and oxygen atoms in total. The zero-order chi connectivity index (χ0) is 104. The van der Waals surface area contributed by atoms with E-state index in [1.807, 2.05) is 0 Å². The summed E-state index contributed by atoms with van der Waals surface area (Å²) in [6, 6.07) is -13.0. The molecule has 0 aliphatic rings. The molecule has 1 aromatic carbocycles. The van der Waals surface area contributed by atoms with Gasteiger partial charge in [0.05, 0.1) is 39.0 Å². The van der Waals surface area contributed by atoms with E-state index >= 15 is 0 Å². The van der Waals surface area contributed by atoms with Gasteiger partial charge >= 0.3 is 11.9 Å². The lowest BCUT2D eigenvalue weighted by molar-refractivity contribution is -0.143. The molecule has 0 aliphatic carbocycles. The number of rotatable bonds is 66. The SMILES string of the molecule is CCC(C)[C@H](NC(=O)CNC(=O)[C@H](CC(C)C)NC(=O)[C@@H](NC(=O)[C@H](CC(N)=O)NC(=O)[C@H](CC(C)C)NC(=O)[C@@H](NC(=O)[C@H](CCCCN)NC(=O)CNC(=O)[C@H](CC(C)C)NC(=O)[C@@H](NC(=O)CNC(=O)[C@H](CCCCN)NC(=O)[C@H](C)NC(=O)[C@H](Cc1ccccc1)NC(=O)[C@H](CC(=O)O)NC(=O)[C@@H](NC(=O)[C@@H](NC(=O)CN)C(C)CC)C(C)C)C(C)C)C(C)CC)C(C)C)C(=O)O. The molecule has 0 radical (unpaired) electrons. The van der Waals surface area contributed by atoms with Crippen LogP contribution in [0.25, 0.3) is 0 Å². The van der Waals surface area contributed by atoms with Gasteiger partial charge in [-0.3, -0.25) is 95.9 Å². The van der Waals surface area contributed by atoms with Gasteiger partial charge in [-0.2, -0.15) is 0 Å². The number of carbonyl (C=O) groups is 21. The minimum Gasteiger partial charge on any atom is -0.481 e. The second-order valence-corrected chi connectivity index (χ2v) is 36.9. The van der Waals surface area contributed by atoms with E-state index in [1.54, 1.807) is 155 Å². The van der Waals surface area contributed by atoms with Crippen LogP contribution in [-0.2, 0) is 107 Å². The molecule has 19 amide bonds. The average Bonchev–Trinajstić information content (AvgIpc) is 0.839. The molecule has 3 unspecified atom stereocenters. The van der Waals surface area contributed by atoms with Crippen LogP contribution in [0.5, 0.6) is 0 Å². The van der Waals surface area contributed by atoms with E-state index in [-0.39, 0.29) is 88.6 Å². The summed E-state index contributed by atoms with van der Waals surface area (Å²) in [4.78, 5) is 287. The molecular formula is C91H156N22O23. The van der Waals surface area contributed by atoms with Crippen LogP contribution in [0.4, 0.5) is 0 Å². The summed E-state index contributed by atoms with van der Waals surface area (Å²) >= 11 is 0. The van der Waals surface area contributed by atoms with Crippen LogP contribution in [0.15, 0.2) is 30.3 Å². The van der Waals surface area contributed by atoms with Crippen molar-refractivity contribution in [2.45, 2.75) is 318 Å². The van der Waals surface area contributed by atoms with E-state index in [1.165, 1.54) is 6.92 Å². The van der Waals surface area contributed by atoms with Crippen molar-refractivity contribution in [2.75, 3.05) is 39.3 Å². The number of carboxylic acids is 2. The van der Waals surface area contributed by atoms with Crippen LogP contribution in [0.2, 0.25) is 0 Å². The summed E-state index contributed by atoms with van der Waals surface area (Å²) < 4.78 is 0. The van der Waals surface area contributed by atoms with Gasteiger partial charge in [0.25, 0.3) is 0 Å². The molecule has 0 saturated heterocycles. The molecule has 28 N–H and O–H groups in total. The van der Waals surface area contributed by atoms with E-state index in [0.29, 0.717) is 31.2 Å². The van der Waals surface area contributed by atoms with Gasteiger partial charge < -0.3 is 129 Å². The first kappa shape index (κ1) is 122. The number of hydrogen-bond donors (Lipinski definition) is 24. The summed E-state index contributed by atoms with van der Waals surface area (Å²) in [6.45, 7) is 29.3. The van der Waals surface area contributed by atoms with Gasteiger partial charge in [-0.25, -0.2) is 4.79 Å². The van der Waals surface area contributed by atoms with E-state index in [4.69, 9.17) is 22.9 Å². The number of aliphatic carboxylic acids is 2. The molecule has 1 aromatic rings. The molecular weight excluding hydrogens is 1770 g/mol. The normalized spacial score (nSPS) is 15.3. The molecule has 45 heteroatoms. The van der Waals surface area contributed by atoms with Gasteiger partial charge in [0.15, 0.2) is 0 Å². The van der Waals surface area contributed by atoms with Gasteiger partial charge in [0, 0.05) is 6.42 Å². The number of hydrogen-bond acceptors (Lipinski definition) is 24. The van der Waals surface area contributed by atoms with E-state index in [0.717, 1.165) is 0 Å². The fraction of sp³-hybridized carbons (Fsp3) is 0.703. The van der Waals surface area contributed by atoms with Crippen molar-refractivity contribution in [3.8, 4) is 0 Å². The molecule has 0 aliphatic heterocycles. The Morgan fingerprint density at radius 1 is 0.301 bits per heavy atom. The maximum atomic E-state index is 14.6. The maximum absolute atomic E-state index is 14.6. The third kappa shape index (κ3) is 46.0. The smallest absolute Gasteiger partial charge is 0.326 e. The topological polar surface area (TPSA) is 720 Å². The molecule has 0 bridgehead atoms. The Morgan fingerprint density at radius 3 is 1.01 bits per heavy atom. The second-order valence-electron chi connectivity index (χ2n) is 36.9. The van der Waals surface area contributed by atoms with Crippen LogP contribution in [0, 0.1) is 53.3 Å². The zero-order valence-electron chi connectivity index (χ0n) is 82.4. The van der Waals surface area contributed by atoms with Gasteiger partial charge in [0.1, 0.15) is 90.6 Å². The minimum absolute atomic E-state index is 0.000715. The first-order valence-electron chi connectivity index (χ1n) is 46.9. The fourth-order valence-electron chi connectivity index (χ4n) is 14.0. The van der Waals surface area contributed by atoms with Crippen LogP contribution < -0.4 is 119 Å². The lowest BCUT2D eigenvalue weighted by Gasteiger charge is -2.30. The van der Waals surface area contributed by atoms with E-state index in [9.17, 15) is 111 Å². The highest BCUT2D eigenvalue weighted by Crippen LogP contribution is 2.19. The predicted molar refractivity (Wildman–Crippen MR) is 504 cm³/mol. The molecule has 768 valence electrons. The molecule has 0 spiro atoms. The largest absolute Gasteiger partial charge is 0.481 e. The van der Waals surface area contributed by atoms with Crippen molar-refractivity contribution < 1.29 is 111 Å². The van der Waals surface area contributed by atoms with Gasteiger partial charge in [-0.05, 0) is 137 Å². The molecule has 18 atom stereocenters. The monoisotopic (exact) mass is 1930 g/mol. The van der Waals surface area contributed by atoms with Crippen molar-refractivity contribution >= 4 is 124 Å². The number of benzene rings is 1. The summed E-state index contributed by atoms with van der Waals surface area (Å²) in [7, 11) is 0. The van der Waals surface area contributed by atoms with Crippen molar-refractivity contribution in [2.24, 2.45) is 76.2 Å². The number of nitrogens with two attached hydrogens (primary N) is 4. The molecule has 0 aromatic heterocycles.